The Hall–Kier alpha value is -1.12. The van der Waals surface area contributed by atoms with Gasteiger partial charge in [0.25, 0.3) is 0 Å². The topological polar surface area (TPSA) is 43.4 Å². The lowest BCUT2D eigenvalue weighted by Gasteiger charge is -1.96. The Kier molecular flexibility index (Phi) is 4.20. The van der Waals surface area contributed by atoms with Gasteiger partial charge in [0.05, 0.1) is 6.61 Å². The Balaban J connectivity index is 3.57. The highest BCUT2D eigenvalue weighted by atomic mass is 16.5. The molecule has 0 atom stereocenters. The van der Waals surface area contributed by atoms with Crippen molar-refractivity contribution in [2.45, 2.75) is 13.3 Å². The zero-order valence-electron chi connectivity index (χ0n) is 5.92. The first-order valence-electron chi connectivity index (χ1n) is 3.01. The molecule has 0 fully saturated rings. The van der Waals surface area contributed by atoms with Crippen molar-refractivity contribution in [2.75, 3.05) is 6.61 Å². The number of hydrogen-bond acceptors (Lipinski definition) is 3. The van der Waals surface area contributed by atoms with Crippen LogP contribution >= 0.6 is 0 Å². The van der Waals surface area contributed by atoms with E-state index in [9.17, 15) is 9.59 Å². The van der Waals surface area contributed by atoms with Gasteiger partial charge in [-0.3, -0.25) is 9.59 Å². The van der Waals surface area contributed by atoms with Crippen molar-refractivity contribution in [3.63, 3.8) is 0 Å². The summed E-state index contributed by atoms with van der Waals surface area (Å²) in [6.07, 6.45) is 0.911. The molecule has 3 heteroatoms. The van der Waals surface area contributed by atoms with Crippen LogP contribution in [0.2, 0.25) is 0 Å². The predicted octanol–water partition coefficient (Wildman–Crippen LogP) is 0.695. The average molecular weight is 142 g/mol. The average Bonchev–Trinajstić information content (AvgIpc) is 1.88. The summed E-state index contributed by atoms with van der Waals surface area (Å²) < 4.78 is 4.51. The number of carbonyl (C=O) groups is 2. The van der Waals surface area contributed by atoms with Crippen LogP contribution in [0, 0.1) is 0 Å². The standard InChI is InChI=1S/C7H10O3/c1-3-6(8)5-7(9)10-4-2/h3H,1,4-5H2,2H3. The summed E-state index contributed by atoms with van der Waals surface area (Å²) in [6, 6.07) is 0. The number of esters is 1. The summed E-state index contributed by atoms with van der Waals surface area (Å²) in [4.78, 5) is 21.0. The van der Waals surface area contributed by atoms with Gasteiger partial charge in [-0.05, 0) is 13.0 Å². The van der Waals surface area contributed by atoms with Gasteiger partial charge in [-0.2, -0.15) is 0 Å². The fourth-order valence-electron chi connectivity index (χ4n) is 0.426. The van der Waals surface area contributed by atoms with Crippen molar-refractivity contribution in [2.24, 2.45) is 0 Å². The fraction of sp³-hybridized carbons (Fsp3) is 0.429. The van der Waals surface area contributed by atoms with Crippen molar-refractivity contribution in [3.05, 3.63) is 12.7 Å². The molecule has 10 heavy (non-hydrogen) atoms. The number of carbonyl (C=O) groups excluding carboxylic acids is 2. The van der Waals surface area contributed by atoms with E-state index in [1.807, 2.05) is 0 Å². The summed E-state index contributed by atoms with van der Waals surface area (Å²) in [5.41, 5.74) is 0. The normalized spacial score (nSPS) is 8.50. The lowest BCUT2D eigenvalue weighted by atomic mass is 10.3. The van der Waals surface area contributed by atoms with E-state index < -0.39 is 5.97 Å². The Morgan fingerprint density at radius 2 is 2.20 bits per heavy atom. The third-order valence-corrected chi connectivity index (χ3v) is 0.852. The quantitative estimate of drug-likeness (QED) is 0.329. The fourth-order valence-corrected chi connectivity index (χ4v) is 0.426. The van der Waals surface area contributed by atoms with Crippen LogP contribution in [-0.4, -0.2) is 18.4 Å². The number of rotatable bonds is 4. The summed E-state index contributed by atoms with van der Waals surface area (Å²) in [5.74, 6) is -0.800. The zero-order valence-corrected chi connectivity index (χ0v) is 5.92. The van der Waals surface area contributed by atoms with Crippen molar-refractivity contribution < 1.29 is 14.3 Å². The molecule has 3 nitrogen and oxygen atoms in total. The lowest BCUT2D eigenvalue weighted by molar-refractivity contribution is -0.144. The molecule has 0 aromatic carbocycles. The smallest absolute Gasteiger partial charge is 0.313 e. The van der Waals surface area contributed by atoms with Crippen molar-refractivity contribution in [1.29, 1.82) is 0 Å². The molecule has 0 aliphatic heterocycles. The van der Waals surface area contributed by atoms with Crippen LogP contribution in [0.4, 0.5) is 0 Å². The molecule has 0 aliphatic rings. The molecule has 0 aromatic heterocycles. The Morgan fingerprint density at radius 3 is 2.60 bits per heavy atom. The summed E-state index contributed by atoms with van der Waals surface area (Å²) in [6.45, 7) is 5.22. The Morgan fingerprint density at radius 1 is 1.60 bits per heavy atom. The molecular formula is C7H10O3. The van der Waals surface area contributed by atoms with Crippen molar-refractivity contribution in [3.8, 4) is 0 Å². The molecule has 0 radical (unpaired) electrons. The van der Waals surface area contributed by atoms with Crippen LogP contribution in [0.15, 0.2) is 12.7 Å². The number of hydrogen-bond donors (Lipinski definition) is 0. The van der Waals surface area contributed by atoms with E-state index >= 15 is 0 Å². The predicted molar refractivity (Wildman–Crippen MR) is 36.5 cm³/mol. The number of allylic oxidation sites excluding steroid dienone is 1. The van der Waals surface area contributed by atoms with Crippen LogP contribution in [0.25, 0.3) is 0 Å². The molecule has 0 aliphatic carbocycles. The highest BCUT2D eigenvalue weighted by Crippen LogP contribution is 1.88. The van der Waals surface area contributed by atoms with Gasteiger partial charge in [-0.1, -0.05) is 6.58 Å². The molecule has 0 heterocycles. The van der Waals surface area contributed by atoms with Gasteiger partial charge in [0.2, 0.25) is 0 Å². The monoisotopic (exact) mass is 142 g/mol. The molecule has 56 valence electrons. The number of ether oxygens (including phenoxy) is 1. The van der Waals surface area contributed by atoms with E-state index in [1.54, 1.807) is 6.92 Å². The molecule has 0 rings (SSSR count). The summed E-state index contributed by atoms with van der Waals surface area (Å²) >= 11 is 0. The molecule has 0 saturated carbocycles. The molecular weight excluding hydrogens is 132 g/mol. The van der Waals surface area contributed by atoms with Crippen molar-refractivity contribution >= 4 is 11.8 Å². The van der Waals surface area contributed by atoms with E-state index in [4.69, 9.17) is 0 Å². The molecule has 0 N–H and O–H groups in total. The molecule has 0 aromatic rings. The van der Waals surface area contributed by atoms with Crippen molar-refractivity contribution in [1.82, 2.24) is 0 Å². The van der Waals surface area contributed by atoms with Crippen LogP contribution in [0.5, 0.6) is 0 Å². The van der Waals surface area contributed by atoms with E-state index in [0.29, 0.717) is 6.61 Å². The first-order chi connectivity index (χ1) is 4.70. The van der Waals surface area contributed by atoms with Gasteiger partial charge in [0.15, 0.2) is 5.78 Å². The highest BCUT2D eigenvalue weighted by molar-refractivity contribution is 6.01. The van der Waals surface area contributed by atoms with Gasteiger partial charge < -0.3 is 4.74 Å². The minimum atomic E-state index is -0.493. The van der Waals surface area contributed by atoms with Gasteiger partial charge >= 0.3 is 5.97 Å². The molecule has 0 saturated heterocycles. The second kappa shape index (κ2) is 4.73. The molecule has 0 bridgehead atoms. The Labute approximate surface area is 59.7 Å². The third-order valence-electron chi connectivity index (χ3n) is 0.852. The van der Waals surface area contributed by atoms with E-state index in [1.165, 1.54) is 0 Å². The minimum Gasteiger partial charge on any atom is -0.466 e. The SMILES string of the molecule is C=CC(=O)CC(=O)OCC. The maximum atomic E-state index is 10.5. The van der Waals surface area contributed by atoms with E-state index in [0.717, 1.165) is 6.08 Å². The minimum absolute atomic E-state index is 0.197. The van der Waals surface area contributed by atoms with Crippen LogP contribution in [-0.2, 0) is 14.3 Å². The summed E-state index contributed by atoms with van der Waals surface area (Å²) in [7, 11) is 0. The van der Waals surface area contributed by atoms with E-state index in [-0.39, 0.29) is 12.2 Å². The largest absolute Gasteiger partial charge is 0.466 e. The van der Waals surface area contributed by atoms with Gasteiger partial charge in [-0.25, -0.2) is 0 Å². The lowest BCUT2D eigenvalue weighted by Crippen LogP contribution is -2.08. The van der Waals surface area contributed by atoms with Crippen LogP contribution in [0.3, 0.4) is 0 Å². The zero-order chi connectivity index (χ0) is 7.98. The van der Waals surface area contributed by atoms with Gasteiger partial charge in [-0.15, -0.1) is 0 Å². The first-order valence-corrected chi connectivity index (χ1v) is 3.01. The highest BCUT2D eigenvalue weighted by Gasteiger charge is 2.05. The van der Waals surface area contributed by atoms with Gasteiger partial charge in [0, 0.05) is 0 Å². The van der Waals surface area contributed by atoms with E-state index in [2.05, 4.69) is 11.3 Å². The second-order valence-corrected chi connectivity index (χ2v) is 1.65. The van der Waals surface area contributed by atoms with Crippen LogP contribution < -0.4 is 0 Å². The molecule has 0 spiro atoms. The maximum Gasteiger partial charge on any atom is 0.313 e. The Bertz CT molecular complexity index is 149. The maximum absolute atomic E-state index is 10.5. The second-order valence-electron chi connectivity index (χ2n) is 1.65. The first kappa shape index (κ1) is 8.88. The molecule has 0 amide bonds. The number of ketones is 1. The van der Waals surface area contributed by atoms with Gasteiger partial charge in [0.1, 0.15) is 6.42 Å². The molecule has 0 unspecified atom stereocenters. The van der Waals surface area contributed by atoms with Crippen LogP contribution in [0.1, 0.15) is 13.3 Å². The summed E-state index contributed by atoms with van der Waals surface area (Å²) in [5, 5.41) is 0. The third kappa shape index (κ3) is 3.83.